The van der Waals surface area contributed by atoms with Gasteiger partial charge in [0.25, 0.3) is 5.91 Å². The van der Waals surface area contributed by atoms with Gasteiger partial charge in [-0.25, -0.2) is 0 Å². The molecule has 1 aliphatic heterocycles. The molecule has 1 atom stereocenters. The largest absolute Gasteiger partial charge is 0.468 e. The Morgan fingerprint density at radius 3 is 2.76 bits per heavy atom. The zero-order chi connectivity index (χ0) is 15.4. The number of benzene rings is 1. The van der Waals surface area contributed by atoms with Crippen LogP contribution in [0, 0.1) is 11.3 Å². The van der Waals surface area contributed by atoms with Crippen LogP contribution in [-0.2, 0) is 9.53 Å². The predicted molar refractivity (Wildman–Crippen MR) is 79.2 cm³/mol. The lowest BCUT2D eigenvalue weighted by molar-refractivity contribution is -0.139. The third-order valence-electron chi connectivity index (χ3n) is 2.83. The lowest BCUT2D eigenvalue weighted by Crippen LogP contribution is -2.33. The number of carbonyl (C=O) groups excluding carboxylic acids is 2. The lowest BCUT2D eigenvalue weighted by atomic mass is 10.1. The van der Waals surface area contributed by atoms with Gasteiger partial charge < -0.3 is 15.4 Å². The second-order valence-corrected chi connectivity index (χ2v) is 5.57. The van der Waals surface area contributed by atoms with Crippen LogP contribution in [0.2, 0.25) is 0 Å². The molecule has 1 amide bonds. The first-order valence-corrected chi connectivity index (χ1v) is 7.01. The molecule has 1 aliphatic rings. The first-order chi connectivity index (χ1) is 10.1. The number of esters is 1. The van der Waals surface area contributed by atoms with Crippen LogP contribution in [-0.4, -0.2) is 24.2 Å². The maximum Gasteiger partial charge on any atom is 0.318 e. The molecule has 108 valence electrons. The molecule has 0 fully saturated rings. The van der Waals surface area contributed by atoms with E-state index < -0.39 is 11.2 Å². The minimum Gasteiger partial charge on any atom is -0.468 e. The van der Waals surface area contributed by atoms with E-state index in [4.69, 9.17) is 0 Å². The molecular formula is C14H13N3O3S. The average molecular weight is 303 g/mol. The fourth-order valence-electron chi connectivity index (χ4n) is 1.78. The minimum atomic E-state index is -0.548. The Bertz CT molecular complexity index is 664. The number of methoxy groups -OCH3 is 1. The number of nitrogens with zero attached hydrogens (tertiary/aromatic N) is 1. The van der Waals surface area contributed by atoms with Gasteiger partial charge in [-0.2, -0.15) is 5.26 Å². The standard InChI is InChI=1S/C14H13N3O3S/c1-8(14(19)20-2)21-11(7-15)12-16-10-6-4-3-5-9(10)13(18)17-12/h3-6,8,16H,1-2H3,(H,17,18)/b12-11+. The summed E-state index contributed by atoms with van der Waals surface area (Å²) in [6.45, 7) is 1.63. The number of nitrogens with one attached hydrogen (secondary N) is 2. The molecule has 0 bridgehead atoms. The number of amides is 1. The molecule has 0 saturated heterocycles. The number of anilines is 1. The highest BCUT2D eigenvalue weighted by molar-refractivity contribution is 8.04. The van der Waals surface area contributed by atoms with E-state index in [0.717, 1.165) is 11.8 Å². The third-order valence-corrected chi connectivity index (χ3v) is 3.90. The Morgan fingerprint density at radius 1 is 1.38 bits per heavy atom. The average Bonchev–Trinajstić information content (AvgIpc) is 2.51. The van der Waals surface area contributed by atoms with Gasteiger partial charge in [-0.15, -0.1) is 0 Å². The van der Waals surface area contributed by atoms with Crippen LogP contribution < -0.4 is 10.6 Å². The zero-order valence-electron chi connectivity index (χ0n) is 11.5. The summed E-state index contributed by atoms with van der Waals surface area (Å²) < 4.78 is 4.62. The van der Waals surface area contributed by atoms with Crippen molar-refractivity contribution in [1.82, 2.24) is 5.32 Å². The lowest BCUT2D eigenvalue weighted by Gasteiger charge is -2.22. The maximum absolute atomic E-state index is 12.0. The van der Waals surface area contributed by atoms with Crippen molar-refractivity contribution in [3.63, 3.8) is 0 Å². The van der Waals surface area contributed by atoms with Crippen LogP contribution in [0.5, 0.6) is 0 Å². The van der Waals surface area contributed by atoms with E-state index >= 15 is 0 Å². The van der Waals surface area contributed by atoms with Crippen molar-refractivity contribution in [3.8, 4) is 6.07 Å². The molecule has 2 rings (SSSR count). The fourth-order valence-corrected chi connectivity index (χ4v) is 2.60. The second kappa shape index (κ2) is 6.33. The molecule has 0 aliphatic carbocycles. The van der Waals surface area contributed by atoms with Crippen LogP contribution >= 0.6 is 11.8 Å². The molecule has 0 aromatic heterocycles. The van der Waals surface area contributed by atoms with Crippen molar-refractivity contribution in [2.24, 2.45) is 0 Å². The summed E-state index contributed by atoms with van der Waals surface area (Å²) in [4.78, 5) is 23.6. The van der Waals surface area contributed by atoms with Crippen molar-refractivity contribution in [1.29, 1.82) is 5.26 Å². The van der Waals surface area contributed by atoms with E-state index in [1.54, 1.807) is 31.2 Å². The highest BCUT2D eigenvalue weighted by Gasteiger charge is 2.24. The molecule has 0 spiro atoms. The number of hydrogen-bond donors (Lipinski definition) is 2. The second-order valence-electron chi connectivity index (χ2n) is 4.22. The smallest absolute Gasteiger partial charge is 0.318 e. The number of carbonyl (C=O) groups is 2. The van der Waals surface area contributed by atoms with E-state index in [2.05, 4.69) is 15.4 Å². The van der Waals surface area contributed by atoms with Gasteiger partial charge in [0, 0.05) is 0 Å². The number of para-hydroxylation sites is 1. The molecule has 0 radical (unpaired) electrons. The summed E-state index contributed by atoms with van der Waals surface area (Å²) in [5.74, 6) is -0.448. The van der Waals surface area contributed by atoms with E-state index in [1.165, 1.54) is 7.11 Å². The van der Waals surface area contributed by atoms with E-state index in [-0.39, 0.29) is 16.6 Å². The molecule has 6 nitrogen and oxygen atoms in total. The Kier molecular flexibility index (Phi) is 4.50. The summed E-state index contributed by atoms with van der Waals surface area (Å²) in [5.41, 5.74) is 1.12. The van der Waals surface area contributed by atoms with Gasteiger partial charge in [-0.05, 0) is 19.1 Å². The molecule has 21 heavy (non-hydrogen) atoms. The molecule has 0 saturated carbocycles. The number of hydrogen-bond acceptors (Lipinski definition) is 6. The van der Waals surface area contributed by atoms with Gasteiger partial charge in [-0.3, -0.25) is 9.59 Å². The molecular weight excluding hydrogens is 290 g/mol. The van der Waals surface area contributed by atoms with Gasteiger partial charge in [-0.1, -0.05) is 23.9 Å². The van der Waals surface area contributed by atoms with Crippen molar-refractivity contribution in [3.05, 3.63) is 40.6 Å². The summed E-state index contributed by atoms with van der Waals surface area (Å²) in [6, 6.07) is 8.97. The van der Waals surface area contributed by atoms with Gasteiger partial charge in [0.15, 0.2) is 0 Å². The van der Waals surface area contributed by atoms with Gasteiger partial charge >= 0.3 is 5.97 Å². The molecule has 1 aromatic carbocycles. The summed E-state index contributed by atoms with van der Waals surface area (Å²) in [6.07, 6.45) is 0. The monoisotopic (exact) mass is 303 g/mol. The number of ether oxygens (including phenoxy) is 1. The van der Waals surface area contributed by atoms with E-state index in [9.17, 15) is 14.9 Å². The van der Waals surface area contributed by atoms with Crippen molar-refractivity contribution in [2.45, 2.75) is 12.2 Å². The summed E-state index contributed by atoms with van der Waals surface area (Å²) in [7, 11) is 1.29. The Morgan fingerprint density at radius 2 is 2.10 bits per heavy atom. The summed E-state index contributed by atoms with van der Waals surface area (Å²) in [5, 5.41) is 14.3. The number of fused-ring (bicyclic) bond motifs is 1. The van der Waals surface area contributed by atoms with Gasteiger partial charge in [0.05, 0.1) is 18.4 Å². The molecule has 2 N–H and O–H groups in total. The van der Waals surface area contributed by atoms with Crippen molar-refractivity contribution < 1.29 is 14.3 Å². The first-order valence-electron chi connectivity index (χ1n) is 6.13. The predicted octanol–water partition coefficient (Wildman–Crippen LogP) is 1.83. The van der Waals surface area contributed by atoms with Gasteiger partial charge in [0.1, 0.15) is 22.0 Å². The van der Waals surface area contributed by atoms with Gasteiger partial charge in [0.2, 0.25) is 0 Å². The highest BCUT2D eigenvalue weighted by atomic mass is 32.2. The van der Waals surface area contributed by atoms with Crippen LogP contribution in [0.1, 0.15) is 17.3 Å². The van der Waals surface area contributed by atoms with Crippen LogP contribution in [0.3, 0.4) is 0 Å². The Hall–Kier alpha value is -2.46. The molecule has 7 heteroatoms. The topological polar surface area (TPSA) is 91.2 Å². The maximum atomic E-state index is 12.0. The number of rotatable bonds is 3. The fraction of sp³-hybridized carbons (Fsp3) is 0.214. The van der Waals surface area contributed by atoms with Crippen LogP contribution in [0.25, 0.3) is 0 Å². The summed E-state index contributed by atoms with van der Waals surface area (Å²) >= 11 is 1.03. The minimum absolute atomic E-state index is 0.218. The molecule has 1 unspecified atom stereocenters. The Labute approximate surface area is 126 Å². The number of allylic oxidation sites excluding steroid dienone is 1. The third kappa shape index (κ3) is 3.17. The zero-order valence-corrected chi connectivity index (χ0v) is 12.3. The normalized spacial score (nSPS) is 16.7. The SMILES string of the molecule is COC(=O)C(C)S/C(C#N)=C1/NC(=O)c2ccccc2N1. The quantitative estimate of drug-likeness (QED) is 0.654. The highest BCUT2D eigenvalue weighted by Crippen LogP contribution is 2.28. The number of nitriles is 1. The number of thioether (sulfide) groups is 1. The molecule has 1 aromatic rings. The van der Waals surface area contributed by atoms with Crippen LogP contribution in [0.15, 0.2) is 35.0 Å². The van der Waals surface area contributed by atoms with Crippen molar-refractivity contribution in [2.75, 3.05) is 12.4 Å². The Balaban J connectivity index is 2.29. The van der Waals surface area contributed by atoms with E-state index in [0.29, 0.717) is 11.3 Å². The van der Waals surface area contributed by atoms with Crippen LogP contribution in [0.4, 0.5) is 5.69 Å². The first kappa shape index (κ1) is 14.9. The van der Waals surface area contributed by atoms with Crippen molar-refractivity contribution >= 4 is 29.3 Å². The van der Waals surface area contributed by atoms with E-state index in [1.807, 2.05) is 6.07 Å². The molecule has 1 heterocycles.